The van der Waals surface area contributed by atoms with Gasteiger partial charge in [0.2, 0.25) is 0 Å². The smallest absolute Gasteiger partial charge is 0.134 e. The van der Waals surface area contributed by atoms with Crippen molar-refractivity contribution in [3.63, 3.8) is 0 Å². The zero-order valence-corrected chi connectivity index (χ0v) is 12.8. The van der Waals surface area contributed by atoms with Gasteiger partial charge in [0.15, 0.2) is 0 Å². The number of fused-ring (bicyclic) bond motifs is 1. The standard InChI is InChI=1S/C11H14N2S4/c1-6-9(17-3-2-16-6)10-12-8-5-15-4-7(8)11(14)13-10/h6,9H,2-5H2,1H3,(H,12,13,14). The van der Waals surface area contributed by atoms with Gasteiger partial charge in [0.25, 0.3) is 0 Å². The first-order valence-electron chi connectivity index (χ1n) is 5.68. The summed E-state index contributed by atoms with van der Waals surface area (Å²) < 4.78 is 0.821. The lowest BCUT2D eigenvalue weighted by Gasteiger charge is -2.27. The summed E-state index contributed by atoms with van der Waals surface area (Å²) in [6.45, 7) is 2.29. The molecule has 2 aliphatic heterocycles. The number of rotatable bonds is 1. The van der Waals surface area contributed by atoms with Gasteiger partial charge >= 0.3 is 0 Å². The SMILES string of the molecule is CC1SCCSC1c1nc(=S)c2c([nH]1)CSC2. The van der Waals surface area contributed by atoms with Crippen LogP contribution in [-0.4, -0.2) is 26.7 Å². The quantitative estimate of drug-likeness (QED) is 0.797. The van der Waals surface area contributed by atoms with Crippen LogP contribution in [-0.2, 0) is 11.5 Å². The van der Waals surface area contributed by atoms with E-state index in [0.717, 1.165) is 22.0 Å². The lowest BCUT2D eigenvalue weighted by molar-refractivity contribution is 0.806. The molecular formula is C11H14N2S4. The third-order valence-corrected chi connectivity index (χ3v) is 7.50. The summed E-state index contributed by atoms with van der Waals surface area (Å²) >= 11 is 11.4. The molecule has 1 saturated heterocycles. The summed E-state index contributed by atoms with van der Waals surface area (Å²) in [4.78, 5) is 8.16. The summed E-state index contributed by atoms with van der Waals surface area (Å²) in [5.41, 5.74) is 2.57. The second-order valence-electron chi connectivity index (χ2n) is 4.24. The molecule has 1 aromatic rings. The minimum atomic E-state index is 0.478. The van der Waals surface area contributed by atoms with Crippen LogP contribution in [0.4, 0.5) is 0 Å². The van der Waals surface area contributed by atoms with E-state index in [2.05, 4.69) is 16.9 Å². The van der Waals surface area contributed by atoms with E-state index in [9.17, 15) is 0 Å². The monoisotopic (exact) mass is 302 g/mol. The van der Waals surface area contributed by atoms with Crippen LogP contribution in [0.2, 0.25) is 0 Å². The van der Waals surface area contributed by atoms with Crippen molar-refractivity contribution in [2.45, 2.75) is 28.9 Å². The topological polar surface area (TPSA) is 28.7 Å². The normalized spacial score (nSPS) is 28.1. The fourth-order valence-corrected chi connectivity index (χ4v) is 6.32. The molecule has 2 atom stereocenters. The molecule has 6 heteroatoms. The molecule has 0 spiro atoms. The van der Waals surface area contributed by atoms with Crippen LogP contribution >= 0.6 is 47.5 Å². The lowest BCUT2D eigenvalue weighted by atomic mass is 10.2. The van der Waals surface area contributed by atoms with Gasteiger partial charge in [-0.3, -0.25) is 0 Å². The minimum absolute atomic E-state index is 0.478. The van der Waals surface area contributed by atoms with Crippen LogP contribution in [0.1, 0.15) is 29.3 Å². The molecule has 0 saturated carbocycles. The maximum Gasteiger partial charge on any atom is 0.134 e. The maximum absolute atomic E-state index is 5.41. The Hall–Kier alpha value is 0.350. The van der Waals surface area contributed by atoms with Gasteiger partial charge in [0.1, 0.15) is 10.5 Å². The summed E-state index contributed by atoms with van der Waals surface area (Å²) in [6.07, 6.45) is 0. The van der Waals surface area contributed by atoms with Gasteiger partial charge in [-0.25, -0.2) is 4.98 Å². The summed E-state index contributed by atoms with van der Waals surface area (Å²) in [7, 11) is 0. The predicted octanol–water partition coefficient (Wildman–Crippen LogP) is 3.80. The Labute approximate surface area is 119 Å². The first kappa shape index (κ1) is 12.4. The van der Waals surface area contributed by atoms with Gasteiger partial charge in [-0.15, -0.1) is 11.8 Å². The first-order valence-corrected chi connectivity index (χ1v) is 9.34. The molecule has 2 unspecified atom stereocenters. The number of aromatic amines is 1. The molecule has 17 heavy (non-hydrogen) atoms. The third kappa shape index (κ3) is 2.41. The van der Waals surface area contributed by atoms with Crippen molar-refractivity contribution in [2.75, 3.05) is 11.5 Å². The van der Waals surface area contributed by atoms with E-state index in [1.54, 1.807) is 0 Å². The molecule has 3 heterocycles. The van der Waals surface area contributed by atoms with Gasteiger partial charge in [-0.1, -0.05) is 19.1 Å². The molecule has 0 aromatic carbocycles. The maximum atomic E-state index is 5.41. The minimum Gasteiger partial charge on any atom is -0.345 e. The second kappa shape index (κ2) is 5.15. The Balaban J connectivity index is 1.98. The van der Waals surface area contributed by atoms with Crippen molar-refractivity contribution < 1.29 is 0 Å². The van der Waals surface area contributed by atoms with E-state index < -0.39 is 0 Å². The first-order chi connectivity index (χ1) is 8.25. The van der Waals surface area contributed by atoms with Crippen molar-refractivity contribution in [3.05, 3.63) is 21.7 Å². The zero-order valence-electron chi connectivity index (χ0n) is 9.56. The van der Waals surface area contributed by atoms with Crippen molar-refractivity contribution >= 4 is 47.5 Å². The predicted molar refractivity (Wildman–Crippen MR) is 81.5 cm³/mol. The Morgan fingerprint density at radius 2 is 2.12 bits per heavy atom. The zero-order chi connectivity index (χ0) is 11.8. The van der Waals surface area contributed by atoms with E-state index in [1.807, 2.05) is 35.3 Å². The van der Waals surface area contributed by atoms with E-state index in [1.165, 1.54) is 22.8 Å². The number of nitrogens with one attached hydrogen (secondary N) is 1. The van der Waals surface area contributed by atoms with E-state index in [-0.39, 0.29) is 0 Å². The molecule has 1 aromatic heterocycles. The van der Waals surface area contributed by atoms with E-state index in [4.69, 9.17) is 12.2 Å². The van der Waals surface area contributed by atoms with Gasteiger partial charge in [-0.05, 0) is 0 Å². The highest BCUT2D eigenvalue weighted by molar-refractivity contribution is 8.06. The highest BCUT2D eigenvalue weighted by atomic mass is 32.2. The molecule has 2 nitrogen and oxygen atoms in total. The van der Waals surface area contributed by atoms with Crippen LogP contribution in [0.5, 0.6) is 0 Å². The number of nitrogens with zero attached hydrogens (tertiary/aromatic N) is 1. The van der Waals surface area contributed by atoms with E-state index >= 15 is 0 Å². The van der Waals surface area contributed by atoms with Gasteiger partial charge in [-0.2, -0.15) is 23.5 Å². The van der Waals surface area contributed by atoms with Gasteiger partial charge in [0.05, 0.1) is 5.25 Å². The van der Waals surface area contributed by atoms with Crippen LogP contribution in [0.25, 0.3) is 0 Å². The molecule has 1 N–H and O–H groups in total. The molecule has 0 amide bonds. The van der Waals surface area contributed by atoms with Gasteiger partial charge < -0.3 is 4.98 Å². The van der Waals surface area contributed by atoms with Crippen molar-refractivity contribution in [2.24, 2.45) is 0 Å². The number of hydrogen-bond acceptors (Lipinski definition) is 5. The molecule has 92 valence electrons. The van der Waals surface area contributed by atoms with Crippen molar-refractivity contribution in [1.29, 1.82) is 0 Å². The van der Waals surface area contributed by atoms with Crippen LogP contribution in [0.15, 0.2) is 0 Å². The average Bonchev–Trinajstić information content (AvgIpc) is 2.78. The molecule has 2 aliphatic rings. The summed E-state index contributed by atoms with van der Waals surface area (Å²) in [5.74, 6) is 5.66. The fourth-order valence-electron chi connectivity index (χ4n) is 2.16. The molecule has 0 bridgehead atoms. The Bertz CT molecular complexity index is 485. The van der Waals surface area contributed by atoms with E-state index in [0.29, 0.717) is 10.5 Å². The molecule has 3 rings (SSSR count). The average molecular weight is 303 g/mol. The summed E-state index contributed by atoms with van der Waals surface area (Å²) in [5, 5.41) is 1.10. The molecule has 0 radical (unpaired) electrons. The number of H-pyrrole nitrogens is 1. The Morgan fingerprint density at radius 3 is 2.94 bits per heavy atom. The molecule has 0 aliphatic carbocycles. The number of hydrogen-bond donors (Lipinski definition) is 1. The van der Waals surface area contributed by atoms with Crippen molar-refractivity contribution in [1.82, 2.24) is 9.97 Å². The van der Waals surface area contributed by atoms with Crippen molar-refractivity contribution in [3.8, 4) is 0 Å². The summed E-state index contributed by atoms with van der Waals surface area (Å²) in [6, 6.07) is 0. The Morgan fingerprint density at radius 1 is 1.29 bits per heavy atom. The molecular weight excluding hydrogens is 288 g/mol. The largest absolute Gasteiger partial charge is 0.345 e. The third-order valence-electron chi connectivity index (χ3n) is 3.07. The van der Waals surface area contributed by atoms with Crippen LogP contribution < -0.4 is 0 Å². The lowest BCUT2D eigenvalue weighted by Crippen LogP contribution is -2.19. The highest BCUT2D eigenvalue weighted by Crippen LogP contribution is 2.41. The van der Waals surface area contributed by atoms with Gasteiger partial charge in [0, 0.05) is 39.5 Å². The van der Waals surface area contributed by atoms with Crippen LogP contribution in [0.3, 0.4) is 0 Å². The molecule has 1 fully saturated rings. The second-order valence-corrected chi connectivity index (χ2v) is 8.35. The fraction of sp³-hybridized carbons (Fsp3) is 0.636. The Kier molecular flexibility index (Phi) is 3.75. The number of thioether (sulfide) groups is 3. The number of aromatic nitrogens is 2. The van der Waals surface area contributed by atoms with Crippen LogP contribution in [0, 0.1) is 4.64 Å². The highest BCUT2D eigenvalue weighted by Gasteiger charge is 2.27.